The molecule has 1 aliphatic carbocycles. The largest absolute Gasteiger partial charge is 0.481 e. The molecule has 0 saturated heterocycles. The van der Waals surface area contributed by atoms with Crippen molar-refractivity contribution in [3.05, 3.63) is 0 Å². The lowest BCUT2D eigenvalue weighted by Crippen LogP contribution is -2.44. The van der Waals surface area contributed by atoms with Gasteiger partial charge in [0.05, 0.1) is 5.92 Å². The number of rotatable bonds is 5. The summed E-state index contributed by atoms with van der Waals surface area (Å²) < 4.78 is 0. The summed E-state index contributed by atoms with van der Waals surface area (Å²) in [6, 6.07) is 0.492. The maximum Gasteiger partial charge on any atom is 0.307 e. The van der Waals surface area contributed by atoms with E-state index in [-0.39, 0.29) is 12.0 Å². The zero-order valence-corrected chi connectivity index (χ0v) is 10.7. The van der Waals surface area contributed by atoms with Crippen LogP contribution in [0.3, 0.4) is 0 Å². The summed E-state index contributed by atoms with van der Waals surface area (Å²) >= 11 is 0. The monoisotopic (exact) mass is 227 g/mol. The maximum atomic E-state index is 10.9. The highest BCUT2D eigenvalue weighted by Gasteiger charge is 2.25. The van der Waals surface area contributed by atoms with Gasteiger partial charge in [-0.2, -0.15) is 0 Å². The Balaban J connectivity index is 2.37. The zero-order chi connectivity index (χ0) is 12.1. The van der Waals surface area contributed by atoms with Crippen molar-refractivity contribution in [2.45, 2.75) is 65.0 Å². The van der Waals surface area contributed by atoms with Crippen molar-refractivity contribution in [1.29, 1.82) is 0 Å². The molecule has 0 spiro atoms. The van der Waals surface area contributed by atoms with Crippen LogP contribution in [0.2, 0.25) is 0 Å². The molecule has 94 valence electrons. The average Bonchev–Trinajstić information content (AvgIpc) is 2.28. The van der Waals surface area contributed by atoms with Gasteiger partial charge >= 0.3 is 5.97 Å². The SMILES string of the molecule is CC(N[C@H](C)C1CCCCC1)C(C)C(=O)O. The molecule has 0 aromatic rings. The lowest BCUT2D eigenvalue weighted by molar-refractivity contribution is -0.142. The van der Waals surface area contributed by atoms with Crippen molar-refractivity contribution < 1.29 is 9.90 Å². The van der Waals surface area contributed by atoms with Gasteiger partial charge in [0.2, 0.25) is 0 Å². The van der Waals surface area contributed by atoms with Crippen molar-refractivity contribution in [2.75, 3.05) is 0 Å². The van der Waals surface area contributed by atoms with E-state index in [4.69, 9.17) is 5.11 Å². The lowest BCUT2D eigenvalue weighted by Gasteiger charge is -2.31. The summed E-state index contributed by atoms with van der Waals surface area (Å²) in [6.07, 6.45) is 6.62. The standard InChI is InChI=1S/C13H25NO2/c1-9(13(15)16)10(2)14-11(3)12-7-5-4-6-8-12/h9-12,14H,4-8H2,1-3H3,(H,15,16)/t9?,10?,11-/m1/s1. The first kappa shape index (κ1) is 13.5. The first-order valence-corrected chi connectivity index (χ1v) is 6.51. The first-order valence-electron chi connectivity index (χ1n) is 6.51. The Morgan fingerprint density at radius 2 is 1.75 bits per heavy atom. The normalized spacial score (nSPS) is 23.7. The second-order valence-corrected chi connectivity index (χ2v) is 5.27. The molecule has 1 fully saturated rings. The highest BCUT2D eigenvalue weighted by atomic mass is 16.4. The van der Waals surface area contributed by atoms with Crippen LogP contribution in [-0.4, -0.2) is 23.2 Å². The molecular formula is C13H25NO2. The molecule has 0 heterocycles. The topological polar surface area (TPSA) is 49.3 Å². The minimum Gasteiger partial charge on any atom is -0.481 e. The number of nitrogens with one attached hydrogen (secondary N) is 1. The van der Waals surface area contributed by atoms with Gasteiger partial charge in [0.15, 0.2) is 0 Å². The van der Waals surface area contributed by atoms with Crippen molar-refractivity contribution in [3.8, 4) is 0 Å². The molecule has 2 N–H and O–H groups in total. The highest BCUT2D eigenvalue weighted by Crippen LogP contribution is 2.26. The minimum absolute atomic E-state index is 0.0504. The summed E-state index contributed by atoms with van der Waals surface area (Å²) in [7, 11) is 0. The van der Waals surface area contributed by atoms with Crippen LogP contribution in [-0.2, 0) is 4.79 Å². The summed E-state index contributed by atoms with van der Waals surface area (Å²) in [6.45, 7) is 5.94. The summed E-state index contributed by atoms with van der Waals surface area (Å²) in [5, 5.41) is 12.4. The number of carboxylic acid groups (broad SMARTS) is 1. The van der Waals surface area contributed by atoms with E-state index in [0.717, 1.165) is 5.92 Å². The Kier molecular flexibility index (Phi) is 5.26. The van der Waals surface area contributed by atoms with Gasteiger partial charge in [-0.05, 0) is 32.6 Å². The molecular weight excluding hydrogens is 202 g/mol. The van der Waals surface area contributed by atoms with Crippen LogP contribution >= 0.6 is 0 Å². The lowest BCUT2D eigenvalue weighted by atomic mass is 9.84. The molecule has 0 aromatic heterocycles. The van der Waals surface area contributed by atoms with Crippen LogP contribution in [0.4, 0.5) is 0 Å². The van der Waals surface area contributed by atoms with E-state index in [9.17, 15) is 4.79 Å². The minimum atomic E-state index is -0.712. The number of aliphatic carboxylic acids is 1. The summed E-state index contributed by atoms with van der Waals surface area (Å²) in [4.78, 5) is 10.9. The summed E-state index contributed by atoms with van der Waals surface area (Å²) in [5.74, 6) is -0.293. The van der Waals surface area contributed by atoms with E-state index in [2.05, 4.69) is 12.2 Å². The number of carboxylic acids is 1. The van der Waals surface area contributed by atoms with Crippen LogP contribution in [0, 0.1) is 11.8 Å². The molecule has 0 radical (unpaired) electrons. The van der Waals surface area contributed by atoms with Crippen LogP contribution < -0.4 is 5.32 Å². The van der Waals surface area contributed by atoms with Crippen molar-refractivity contribution in [2.24, 2.45) is 11.8 Å². The predicted octanol–water partition coefficient (Wildman–Crippen LogP) is 2.65. The van der Waals surface area contributed by atoms with Crippen molar-refractivity contribution >= 4 is 5.97 Å². The highest BCUT2D eigenvalue weighted by molar-refractivity contribution is 5.70. The molecule has 1 saturated carbocycles. The number of carbonyl (C=O) groups is 1. The molecule has 2 unspecified atom stereocenters. The Hall–Kier alpha value is -0.570. The molecule has 1 rings (SSSR count). The zero-order valence-electron chi connectivity index (χ0n) is 10.7. The Morgan fingerprint density at radius 3 is 2.25 bits per heavy atom. The van der Waals surface area contributed by atoms with Gasteiger partial charge in [-0.15, -0.1) is 0 Å². The summed E-state index contributed by atoms with van der Waals surface area (Å²) in [5.41, 5.74) is 0. The van der Waals surface area contributed by atoms with Crippen molar-refractivity contribution in [3.63, 3.8) is 0 Å². The average molecular weight is 227 g/mol. The van der Waals surface area contributed by atoms with Gasteiger partial charge in [-0.25, -0.2) is 0 Å². The van der Waals surface area contributed by atoms with E-state index < -0.39 is 5.97 Å². The molecule has 3 heteroatoms. The van der Waals surface area contributed by atoms with Gasteiger partial charge in [-0.1, -0.05) is 26.2 Å². The number of hydrogen-bond acceptors (Lipinski definition) is 2. The van der Waals surface area contributed by atoms with E-state index in [0.29, 0.717) is 6.04 Å². The third-order valence-electron chi connectivity index (χ3n) is 4.02. The molecule has 3 atom stereocenters. The Labute approximate surface area is 98.6 Å². The second kappa shape index (κ2) is 6.24. The van der Waals surface area contributed by atoms with Crippen LogP contribution in [0.25, 0.3) is 0 Å². The number of hydrogen-bond donors (Lipinski definition) is 2. The third kappa shape index (κ3) is 3.78. The molecule has 0 aromatic carbocycles. The molecule has 1 aliphatic rings. The molecule has 0 aliphatic heterocycles. The molecule has 16 heavy (non-hydrogen) atoms. The third-order valence-corrected chi connectivity index (χ3v) is 4.02. The van der Waals surface area contributed by atoms with Gasteiger partial charge in [0.1, 0.15) is 0 Å². The molecule has 0 amide bonds. The van der Waals surface area contributed by atoms with Gasteiger partial charge in [-0.3, -0.25) is 4.79 Å². The fourth-order valence-electron chi connectivity index (χ4n) is 2.54. The molecule has 0 bridgehead atoms. The van der Waals surface area contributed by atoms with Gasteiger partial charge < -0.3 is 10.4 Å². The van der Waals surface area contributed by atoms with E-state index in [1.807, 2.05) is 6.92 Å². The van der Waals surface area contributed by atoms with E-state index in [1.54, 1.807) is 6.92 Å². The second-order valence-electron chi connectivity index (χ2n) is 5.27. The van der Waals surface area contributed by atoms with Crippen LogP contribution in [0.1, 0.15) is 52.9 Å². The maximum absolute atomic E-state index is 10.9. The smallest absolute Gasteiger partial charge is 0.307 e. The van der Waals surface area contributed by atoms with Gasteiger partial charge in [0, 0.05) is 12.1 Å². The Bertz CT molecular complexity index is 224. The fourth-order valence-corrected chi connectivity index (χ4v) is 2.54. The van der Waals surface area contributed by atoms with Gasteiger partial charge in [0.25, 0.3) is 0 Å². The van der Waals surface area contributed by atoms with E-state index >= 15 is 0 Å². The van der Waals surface area contributed by atoms with Crippen LogP contribution in [0.5, 0.6) is 0 Å². The van der Waals surface area contributed by atoms with E-state index in [1.165, 1.54) is 32.1 Å². The Morgan fingerprint density at radius 1 is 1.19 bits per heavy atom. The predicted molar refractivity (Wildman–Crippen MR) is 65.4 cm³/mol. The van der Waals surface area contributed by atoms with Crippen LogP contribution in [0.15, 0.2) is 0 Å². The first-order chi connectivity index (χ1) is 7.52. The fraction of sp³-hybridized carbons (Fsp3) is 0.923. The molecule has 3 nitrogen and oxygen atoms in total. The van der Waals surface area contributed by atoms with Crippen molar-refractivity contribution in [1.82, 2.24) is 5.32 Å². The quantitative estimate of drug-likeness (QED) is 0.759.